The molecular weight excluding hydrogens is 314 g/mol. The molecule has 0 atom stereocenters. The summed E-state index contributed by atoms with van der Waals surface area (Å²) in [5.74, 6) is 0.647. The van der Waals surface area contributed by atoms with E-state index in [0.717, 1.165) is 17.7 Å². The van der Waals surface area contributed by atoms with Crippen molar-refractivity contribution >= 4 is 20.8 Å². The van der Waals surface area contributed by atoms with E-state index in [-0.39, 0.29) is 5.91 Å². The van der Waals surface area contributed by atoms with Gasteiger partial charge in [-0.3, -0.25) is 4.79 Å². The molecule has 0 aromatic heterocycles. The molecule has 0 saturated heterocycles. The van der Waals surface area contributed by atoms with Gasteiger partial charge in [0.15, 0.2) is 0 Å². The van der Waals surface area contributed by atoms with Crippen LogP contribution in [0.4, 0.5) is 0 Å². The molecule has 7 heteroatoms. The van der Waals surface area contributed by atoms with E-state index in [2.05, 4.69) is 5.32 Å². The second-order valence-corrected chi connectivity index (χ2v) is 7.89. The fraction of sp³-hybridized carbons (Fsp3) is 0.438. The number of carbonyl (C=O) groups is 1. The summed E-state index contributed by atoms with van der Waals surface area (Å²) >= 11 is 0. The molecule has 0 unspecified atom stereocenters. The molecule has 0 aliphatic rings. The molecular formula is C16H25NO5Si. The van der Waals surface area contributed by atoms with Gasteiger partial charge in [0, 0.05) is 40.0 Å². The molecule has 1 aromatic rings. The second kappa shape index (κ2) is 10.2. The summed E-state index contributed by atoms with van der Waals surface area (Å²) in [7, 11) is 3.80. The molecule has 0 fully saturated rings. The van der Waals surface area contributed by atoms with Crippen molar-refractivity contribution in [2.24, 2.45) is 0 Å². The summed E-state index contributed by atoms with van der Waals surface area (Å²) in [6.07, 6.45) is 3.99. The van der Waals surface area contributed by atoms with Gasteiger partial charge in [-0.1, -0.05) is 12.1 Å². The van der Waals surface area contributed by atoms with E-state index in [1.807, 2.05) is 24.3 Å². The first-order valence-corrected chi connectivity index (χ1v) is 9.27. The van der Waals surface area contributed by atoms with Gasteiger partial charge in [-0.25, -0.2) is 0 Å². The average molecular weight is 339 g/mol. The minimum atomic E-state index is -2.55. The zero-order chi connectivity index (χ0) is 17.1. The number of hydrogen-bond donors (Lipinski definition) is 1. The molecule has 1 aromatic carbocycles. The first-order chi connectivity index (χ1) is 11.1. The minimum Gasteiger partial charge on any atom is -0.497 e. The maximum Gasteiger partial charge on any atom is 0.500 e. The molecule has 1 amide bonds. The lowest BCUT2D eigenvalue weighted by Crippen LogP contribution is -2.43. The number of benzene rings is 1. The molecule has 0 heterocycles. The molecule has 23 heavy (non-hydrogen) atoms. The van der Waals surface area contributed by atoms with Crippen LogP contribution in [0.25, 0.3) is 6.08 Å². The average Bonchev–Trinajstić information content (AvgIpc) is 2.61. The lowest BCUT2D eigenvalue weighted by atomic mass is 10.2. The number of carbonyl (C=O) groups excluding carboxylic acids is 1. The second-order valence-electron chi connectivity index (χ2n) is 4.80. The zero-order valence-electron chi connectivity index (χ0n) is 14.1. The van der Waals surface area contributed by atoms with Crippen LogP contribution in [0.1, 0.15) is 12.0 Å². The third-order valence-corrected chi connectivity index (χ3v) is 6.27. The van der Waals surface area contributed by atoms with Crippen LogP contribution in [-0.4, -0.2) is 49.7 Å². The summed E-state index contributed by atoms with van der Waals surface area (Å²) in [4.78, 5) is 11.8. The first kappa shape index (κ1) is 19.4. The standard InChI is InChI=1S/C16H25NO5Si/c1-19-15-9-6-14(7-10-15)8-11-16(18)17-12-5-13-23(20-2,21-3)22-4/h6-11H,5,12-13H2,1-4H3,(H,17,18). The van der Waals surface area contributed by atoms with Crippen LogP contribution in [0.15, 0.2) is 30.3 Å². The van der Waals surface area contributed by atoms with Crippen molar-refractivity contribution in [2.45, 2.75) is 12.5 Å². The molecule has 0 saturated carbocycles. The Kier molecular flexibility index (Phi) is 8.56. The molecule has 6 nitrogen and oxygen atoms in total. The first-order valence-electron chi connectivity index (χ1n) is 7.34. The van der Waals surface area contributed by atoms with Crippen molar-refractivity contribution < 1.29 is 22.8 Å². The number of ether oxygens (including phenoxy) is 1. The van der Waals surface area contributed by atoms with Crippen molar-refractivity contribution in [1.29, 1.82) is 0 Å². The Bertz CT molecular complexity index is 491. The largest absolute Gasteiger partial charge is 0.500 e. The predicted octanol–water partition coefficient (Wildman–Crippen LogP) is 2.09. The van der Waals surface area contributed by atoms with E-state index in [0.29, 0.717) is 12.6 Å². The van der Waals surface area contributed by atoms with E-state index >= 15 is 0 Å². The van der Waals surface area contributed by atoms with Gasteiger partial charge in [-0.2, -0.15) is 0 Å². The predicted molar refractivity (Wildman–Crippen MR) is 91.2 cm³/mol. The SMILES string of the molecule is COc1ccc(C=CC(=O)NCCC[Si](OC)(OC)OC)cc1. The lowest BCUT2D eigenvalue weighted by molar-refractivity contribution is -0.116. The Morgan fingerprint density at radius 1 is 1.09 bits per heavy atom. The number of nitrogens with one attached hydrogen (secondary N) is 1. The summed E-state index contributed by atoms with van der Waals surface area (Å²) in [6.45, 7) is 0.538. The van der Waals surface area contributed by atoms with E-state index in [9.17, 15) is 4.79 Å². The van der Waals surface area contributed by atoms with Gasteiger partial charge in [-0.15, -0.1) is 0 Å². The Morgan fingerprint density at radius 3 is 2.22 bits per heavy atom. The van der Waals surface area contributed by atoms with Gasteiger partial charge < -0.3 is 23.3 Å². The molecule has 0 radical (unpaired) electrons. The summed E-state index contributed by atoms with van der Waals surface area (Å²) in [6, 6.07) is 8.12. The van der Waals surface area contributed by atoms with Crippen LogP contribution in [0.2, 0.25) is 6.04 Å². The van der Waals surface area contributed by atoms with Gasteiger partial charge in [0.2, 0.25) is 5.91 Å². The molecule has 1 rings (SSSR count). The number of rotatable bonds is 10. The van der Waals surface area contributed by atoms with Crippen molar-refractivity contribution in [3.05, 3.63) is 35.9 Å². The van der Waals surface area contributed by atoms with E-state index in [1.54, 1.807) is 34.5 Å². The third-order valence-electron chi connectivity index (χ3n) is 3.43. The van der Waals surface area contributed by atoms with E-state index < -0.39 is 8.80 Å². The quantitative estimate of drug-likeness (QED) is 0.402. The fourth-order valence-electron chi connectivity index (χ4n) is 2.02. The molecule has 0 bridgehead atoms. The Labute approximate surface area is 138 Å². The van der Waals surface area contributed by atoms with Gasteiger partial charge in [0.05, 0.1) is 7.11 Å². The topological polar surface area (TPSA) is 66.0 Å². The molecule has 128 valence electrons. The highest BCUT2D eigenvalue weighted by molar-refractivity contribution is 6.60. The number of methoxy groups -OCH3 is 1. The van der Waals surface area contributed by atoms with Crippen LogP contribution in [0.3, 0.4) is 0 Å². The Balaban J connectivity index is 2.35. The van der Waals surface area contributed by atoms with Crippen molar-refractivity contribution in [3.63, 3.8) is 0 Å². The third kappa shape index (κ3) is 6.53. The number of hydrogen-bond acceptors (Lipinski definition) is 5. The van der Waals surface area contributed by atoms with Crippen LogP contribution in [0, 0.1) is 0 Å². The summed E-state index contributed by atoms with van der Waals surface area (Å²) in [5, 5.41) is 2.83. The van der Waals surface area contributed by atoms with Gasteiger partial charge in [-0.05, 0) is 30.2 Å². The van der Waals surface area contributed by atoms with Gasteiger partial charge in [0.1, 0.15) is 5.75 Å². The normalized spacial score (nSPS) is 11.7. The minimum absolute atomic E-state index is 0.139. The summed E-state index contributed by atoms with van der Waals surface area (Å²) < 4.78 is 21.1. The van der Waals surface area contributed by atoms with Crippen LogP contribution >= 0.6 is 0 Å². The van der Waals surface area contributed by atoms with Crippen molar-refractivity contribution in [3.8, 4) is 5.75 Å². The maximum absolute atomic E-state index is 11.8. The monoisotopic (exact) mass is 339 g/mol. The van der Waals surface area contributed by atoms with Gasteiger partial charge >= 0.3 is 8.80 Å². The number of amides is 1. The molecule has 1 N–H and O–H groups in total. The Hall–Kier alpha value is -1.67. The van der Waals surface area contributed by atoms with Crippen LogP contribution in [0.5, 0.6) is 5.75 Å². The molecule has 0 aliphatic heterocycles. The highest BCUT2D eigenvalue weighted by Crippen LogP contribution is 2.14. The maximum atomic E-state index is 11.8. The Morgan fingerprint density at radius 2 is 1.70 bits per heavy atom. The van der Waals surface area contributed by atoms with E-state index in [1.165, 1.54) is 6.08 Å². The lowest BCUT2D eigenvalue weighted by Gasteiger charge is -2.24. The van der Waals surface area contributed by atoms with Gasteiger partial charge in [0.25, 0.3) is 0 Å². The summed E-state index contributed by atoms with van der Waals surface area (Å²) in [5.41, 5.74) is 0.936. The fourth-order valence-corrected chi connectivity index (χ4v) is 3.74. The molecule has 0 aliphatic carbocycles. The van der Waals surface area contributed by atoms with Crippen molar-refractivity contribution in [2.75, 3.05) is 35.0 Å². The van der Waals surface area contributed by atoms with Crippen LogP contribution < -0.4 is 10.1 Å². The molecule has 0 spiro atoms. The van der Waals surface area contributed by atoms with Crippen LogP contribution in [-0.2, 0) is 18.1 Å². The van der Waals surface area contributed by atoms with E-state index in [4.69, 9.17) is 18.0 Å². The highest BCUT2D eigenvalue weighted by atomic mass is 28.4. The smallest absolute Gasteiger partial charge is 0.497 e. The highest BCUT2D eigenvalue weighted by Gasteiger charge is 2.36. The van der Waals surface area contributed by atoms with Crippen molar-refractivity contribution in [1.82, 2.24) is 5.32 Å². The zero-order valence-corrected chi connectivity index (χ0v) is 15.1.